The fraction of sp³-hybridized carbons (Fsp3) is 0.0833. The molecule has 0 fully saturated rings. The van der Waals surface area contributed by atoms with Gasteiger partial charge in [-0.1, -0.05) is 53.5 Å². The van der Waals surface area contributed by atoms with Gasteiger partial charge >= 0.3 is 0 Å². The molecular formula is C24H17BrCl2N2O2. The zero-order valence-electron chi connectivity index (χ0n) is 16.5. The number of aryl methyl sites for hydroxylation is 1. The van der Waals surface area contributed by atoms with Crippen molar-refractivity contribution in [3.8, 4) is 11.8 Å². The normalized spacial score (nSPS) is 11.0. The average Bonchev–Trinajstić information content (AvgIpc) is 2.74. The lowest BCUT2D eigenvalue weighted by atomic mass is 10.1. The Labute approximate surface area is 199 Å². The summed E-state index contributed by atoms with van der Waals surface area (Å²) in [7, 11) is 0. The van der Waals surface area contributed by atoms with Gasteiger partial charge in [0.15, 0.2) is 5.75 Å². The maximum atomic E-state index is 12.5. The number of hydrogen-bond acceptors (Lipinski definition) is 3. The number of carbonyl (C=O) groups excluding carboxylic acids is 1. The van der Waals surface area contributed by atoms with E-state index >= 15 is 0 Å². The minimum Gasteiger partial charge on any atom is -0.486 e. The first-order chi connectivity index (χ1) is 14.9. The number of carbonyl (C=O) groups is 1. The van der Waals surface area contributed by atoms with E-state index in [-0.39, 0.29) is 5.57 Å². The average molecular weight is 516 g/mol. The van der Waals surface area contributed by atoms with Crippen LogP contribution in [0.3, 0.4) is 0 Å². The first-order valence-electron chi connectivity index (χ1n) is 9.22. The van der Waals surface area contributed by atoms with Crippen LogP contribution in [0.4, 0.5) is 5.69 Å². The second-order valence-corrected chi connectivity index (χ2v) is 8.37. The molecule has 0 aliphatic heterocycles. The Hall–Kier alpha value is -2.78. The molecule has 3 aromatic rings. The van der Waals surface area contributed by atoms with E-state index in [0.717, 1.165) is 11.1 Å². The molecule has 0 aliphatic rings. The van der Waals surface area contributed by atoms with Gasteiger partial charge in [0.25, 0.3) is 5.91 Å². The van der Waals surface area contributed by atoms with Crippen LogP contribution in [0, 0.1) is 18.3 Å². The predicted octanol–water partition coefficient (Wildman–Crippen LogP) is 7.19. The lowest BCUT2D eigenvalue weighted by Gasteiger charge is -2.12. The zero-order valence-corrected chi connectivity index (χ0v) is 19.6. The largest absolute Gasteiger partial charge is 0.486 e. The van der Waals surface area contributed by atoms with Gasteiger partial charge in [0.2, 0.25) is 0 Å². The number of hydrogen-bond donors (Lipinski definition) is 1. The summed E-state index contributed by atoms with van der Waals surface area (Å²) in [5.41, 5.74) is 3.05. The topological polar surface area (TPSA) is 62.1 Å². The van der Waals surface area contributed by atoms with Crippen LogP contribution in [0.15, 0.2) is 70.7 Å². The molecule has 0 bridgehead atoms. The molecule has 0 aliphatic carbocycles. The Morgan fingerprint density at radius 1 is 1.16 bits per heavy atom. The Bertz CT molecular complexity index is 1160. The summed E-state index contributed by atoms with van der Waals surface area (Å²) in [5, 5.41) is 13.2. The maximum absolute atomic E-state index is 12.5. The third-order valence-electron chi connectivity index (χ3n) is 4.39. The van der Waals surface area contributed by atoms with Gasteiger partial charge in [0.1, 0.15) is 18.2 Å². The van der Waals surface area contributed by atoms with Crippen LogP contribution in [0.2, 0.25) is 10.0 Å². The highest BCUT2D eigenvalue weighted by Gasteiger charge is 2.13. The number of para-hydroxylation sites is 1. The van der Waals surface area contributed by atoms with Crippen LogP contribution >= 0.6 is 39.1 Å². The van der Waals surface area contributed by atoms with Crippen molar-refractivity contribution in [2.24, 2.45) is 0 Å². The van der Waals surface area contributed by atoms with E-state index in [1.807, 2.05) is 43.3 Å². The lowest BCUT2D eigenvalue weighted by molar-refractivity contribution is -0.112. The van der Waals surface area contributed by atoms with Gasteiger partial charge in [-0.15, -0.1) is 0 Å². The van der Waals surface area contributed by atoms with Crippen LogP contribution in [0.25, 0.3) is 6.08 Å². The SMILES string of the molecule is Cc1ccccc1NC(=O)/C(C#N)=C\c1cc(Cl)c(OCc2ccc(Cl)cc2)c(Br)c1. The summed E-state index contributed by atoms with van der Waals surface area (Å²) in [6, 6.07) is 20.0. The number of nitrogens with one attached hydrogen (secondary N) is 1. The van der Waals surface area contributed by atoms with E-state index in [1.165, 1.54) is 6.08 Å². The Morgan fingerprint density at radius 2 is 1.87 bits per heavy atom. The van der Waals surface area contributed by atoms with Gasteiger partial charge in [-0.05, 0) is 76.0 Å². The van der Waals surface area contributed by atoms with Gasteiger partial charge in [0.05, 0.1) is 9.50 Å². The standard InChI is InChI=1S/C24H17BrCl2N2O2/c1-15-4-2-3-5-22(15)29-24(30)18(13-28)10-17-11-20(25)23(21(27)12-17)31-14-16-6-8-19(26)9-7-16/h2-12H,14H2,1H3,(H,29,30)/b18-10-. The molecule has 0 heterocycles. The van der Waals surface area contributed by atoms with Crippen LogP contribution in [0.1, 0.15) is 16.7 Å². The molecule has 0 saturated heterocycles. The lowest BCUT2D eigenvalue weighted by Crippen LogP contribution is -2.14. The Morgan fingerprint density at radius 3 is 2.52 bits per heavy atom. The van der Waals surface area contributed by atoms with Crippen molar-refractivity contribution in [3.63, 3.8) is 0 Å². The summed E-state index contributed by atoms with van der Waals surface area (Å²) in [5.74, 6) is -0.0243. The van der Waals surface area contributed by atoms with Crippen molar-refractivity contribution >= 4 is 56.8 Å². The molecule has 3 aromatic carbocycles. The van der Waals surface area contributed by atoms with Crippen molar-refractivity contribution in [1.82, 2.24) is 0 Å². The van der Waals surface area contributed by atoms with E-state index < -0.39 is 5.91 Å². The first-order valence-corrected chi connectivity index (χ1v) is 10.8. The molecule has 31 heavy (non-hydrogen) atoms. The number of ether oxygens (including phenoxy) is 1. The molecule has 0 radical (unpaired) electrons. The second-order valence-electron chi connectivity index (χ2n) is 6.67. The summed E-state index contributed by atoms with van der Waals surface area (Å²) in [6.07, 6.45) is 1.48. The number of nitriles is 1. The van der Waals surface area contributed by atoms with Gasteiger partial charge in [-0.2, -0.15) is 5.26 Å². The van der Waals surface area contributed by atoms with Crippen molar-refractivity contribution in [1.29, 1.82) is 5.26 Å². The van der Waals surface area contributed by atoms with E-state index in [0.29, 0.717) is 38.1 Å². The van der Waals surface area contributed by atoms with Gasteiger partial charge in [0, 0.05) is 10.7 Å². The van der Waals surface area contributed by atoms with E-state index in [9.17, 15) is 10.1 Å². The van der Waals surface area contributed by atoms with Gasteiger partial charge < -0.3 is 10.1 Å². The molecule has 0 saturated carbocycles. The quantitative estimate of drug-likeness (QED) is 0.279. The molecule has 1 N–H and O–H groups in total. The van der Waals surface area contributed by atoms with Crippen molar-refractivity contribution in [3.05, 3.63) is 97.4 Å². The van der Waals surface area contributed by atoms with Crippen molar-refractivity contribution in [2.75, 3.05) is 5.32 Å². The van der Waals surface area contributed by atoms with Crippen molar-refractivity contribution < 1.29 is 9.53 Å². The number of rotatable bonds is 6. The Balaban J connectivity index is 1.78. The monoisotopic (exact) mass is 514 g/mol. The molecule has 7 heteroatoms. The van der Waals surface area contributed by atoms with E-state index in [4.69, 9.17) is 27.9 Å². The highest BCUT2D eigenvalue weighted by molar-refractivity contribution is 9.10. The smallest absolute Gasteiger partial charge is 0.266 e. The molecule has 156 valence electrons. The fourth-order valence-corrected chi connectivity index (χ4v) is 3.87. The predicted molar refractivity (Wildman–Crippen MR) is 128 cm³/mol. The highest BCUT2D eigenvalue weighted by atomic mass is 79.9. The minimum atomic E-state index is -0.493. The summed E-state index contributed by atoms with van der Waals surface area (Å²) < 4.78 is 6.44. The third kappa shape index (κ3) is 6.11. The third-order valence-corrected chi connectivity index (χ3v) is 5.51. The van der Waals surface area contributed by atoms with Gasteiger partial charge in [-0.3, -0.25) is 4.79 Å². The first kappa shape index (κ1) is 22.9. The molecule has 0 spiro atoms. The minimum absolute atomic E-state index is 0.0407. The van der Waals surface area contributed by atoms with Crippen LogP contribution in [-0.4, -0.2) is 5.91 Å². The number of halogens is 3. The molecule has 0 atom stereocenters. The Kier molecular flexibility index (Phi) is 7.75. The summed E-state index contributed by atoms with van der Waals surface area (Å²) in [4.78, 5) is 12.5. The zero-order chi connectivity index (χ0) is 22.4. The molecule has 4 nitrogen and oxygen atoms in total. The molecule has 1 amide bonds. The second kappa shape index (κ2) is 10.5. The maximum Gasteiger partial charge on any atom is 0.266 e. The number of anilines is 1. The molecule has 0 aromatic heterocycles. The van der Waals surface area contributed by atoms with Crippen LogP contribution in [0.5, 0.6) is 5.75 Å². The van der Waals surface area contributed by atoms with Crippen LogP contribution in [-0.2, 0) is 11.4 Å². The van der Waals surface area contributed by atoms with Gasteiger partial charge in [-0.25, -0.2) is 0 Å². The number of amides is 1. The fourth-order valence-electron chi connectivity index (χ4n) is 2.75. The molecule has 3 rings (SSSR count). The van der Waals surface area contributed by atoms with E-state index in [1.54, 1.807) is 30.3 Å². The summed E-state index contributed by atoms with van der Waals surface area (Å²) >= 11 is 15.7. The van der Waals surface area contributed by atoms with Crippen LogP contribution < -0.4 is 10.1 Å². The molecule has 0 unspecified atom stereocenters. The molecular weight excluding hydrogens is 499 g/mol. The van der Waals surface area contributed by atoms with E-state index in [2.05, 4.69) is 21.2 Å². The van der Waals surface area contributed by atoms with Crippen molar-refractivity contribution in [2.45, 2.75) is 13.5 Å². The summed E-state index contributed by atoms with van der Waals surface area (Å²) in [6.45, 7) is 2.19. The number of nitrogens with zero attached hydrogens (tertiary/aromatic N) is 1. The highest BCUT2D eigenvalue weighted by Crippen LogP contribution is 2.35. The number of benzene rings is 3.